The van der Waals surface area contributed by atoms with Crippen LogP contribution in [0.4, 0.5) is 9.18 Å². The third-order valence-corrected chi connectivity index (χ3v) is 5.73. The summed E-state index contributed by atoms with van der Waals surface area (Å²) in [5.74, 6) is 0.956. The molecule has 0 spiro atoms. The van der Waals surface area contributed by atoms with Gasteiger partial charge in [-0.05, 0) is 61.9 Å². The largest absolute Gasteiger partial charge is 0.497 e. The molecule has 2 amide bonds. The van der Waals surface area contributed by atoms with Crippen LogP contribution in [-0.4, -0.2) is 40.4 Å². The highest BCUT2D eigenvalue weighted by Crippen LogP contribution is 2.23. The first kappa shape index (κ1) is 21.1. The zero-order valence-corrected chi connectivity index (χ0v) is 17.4. The maximum atomic E-state index is 13.6. The van der Waals surface area contributed by atoms with E-state index in [1.54, 1.807) is 13.2 Å². The van der Waals surface area contributed by atoms with Crippen molar-refractivity contribution in [3.05, 3.63) is 59.7 Å². The Hall–Kier alpha value is -3.13. The molecule has 0 aliphatic heterocycles. The van der Waals surface area contributed by atoms with Crippen LogP contribution < -0.4 is 15.4 Å². The van der Waals surface area contributed by atoms with Crippen molar-refractivity contribution in [1.82, 2.24) is 20.6 Å². The van der Waals surface area contributed by atoms with Crippen molar-refractivity contribution in [3.8, 4) is 5.75 Å². The fourth-order valence-corrected chi connectivity index (χ4v) is 3.98. The molecule has 31 heavy (non-hydrogen) atoms. The Morgan fingerprint density at radius 2 is 1.97 bits per heavy atom. The highest BCUT2D eigenvalue weighted by atomic mass is 19.1. The van der Waals surface area contributed by atoms with E-state index in [9.17, 15) is 14.3 Å². The average molecular weight is 426 g/mol. The van der Waals surface area contributed by atoms with Crippen LogP contribution in [-0.2, 0) is 6.42 Å². The van der Waals surface area contributed by atoms with Crippen LogP contribution in [0.1, 0.15) is 43.1 Å². The van der Waals surface area contributed by atoms with Crippen molar-refractivity contribution < 1.29 is 19.0 Å². The number of carbonyl (C=O) groups excluding carboxylic acids is 1. The Morgan fingerprint density at radius 3 is 2.68 bits per heavy atom. The topological polar surface area (TPSA) is 99.3 Å². The van der Waals surface area contributed by atoms with Gasteiger partial charge in [0.05, 0.1) is 30.3 Å². The summed E-state index contributed by atoms with van der Waals surface area (Å²) in [5.41, 5.74) is 2.22. The van der Waals surface area contributed by atoms with Gasteiger partial charge in [-0.15, -0.1) is 0 Å². The maximum Gasteiger partial charge on any atom is 0.315 e. The number of urea groups is 1. The van der Waals surface area contributed by atoms with Crippen LogP contribution in [0, 0.1) is 5.82 Å². The number of halogens is 1. The van der Waals surface area contributed by atoms with Crippen molar-refractivity contribution in [2.24, 2.45) is 0 Å². The van der Waals surface area contributed by atoms with Crippen LogP contribution in [0.5, 0.6) is 5.75 Å². The SMILES string of the molecule is COc1ccc(C[C@@H](NC(=O)N[C@H]2CC[C@H](O)CC2)c2nc3cc(F)ccc3[nH]2)cc1. The number of methoxy groups -OCH3 is 1. The Balaban J connectivity index is 1.52. The molecule has 164 valence electrons. The molecule has 0 radical (unpaired) electrons. The average Bonchev–Trinajstić information content (AvgIpc) is 3.18. The van der Waals surface area contributed by atoms with E-state index in [1.165, 1.54) is 12.1 Å². The van der Waals surface area contributed by atoms with Gasteiger partial charge >= 0.3 is 6.03 Å². The number of amides is 2. The van der Waals surface area contributed by atoms with Crippen molar-refractivity contribution in [2.75, 3.05) is 7.11 Å². The van der Waals surface area contributed by atoms with Crippen molar-refractivity contribution in [3.63, 3.8) is 0 Å². The summed E-state index contributed by atoms with van der Waals surface area (Å²) < 4.78 is 18.8. The van der Waals surface area contributed by atoms with Gasteiger partial charge in [0.2, 0.25) is 0 Å². The van der Waals surface area contributed by atoms with E-state index in [0.29, 0.717) is 36.1 Å². The van der Waals surface area contributed by atoms with E-state index in [4.69, 9.17) is 4.74 Å². The van der Waals surface area contributed by atoms with Gasteiger partial charge < -0.3 is 25.5 Å². The first-order valence-corrected chi connectivity index (χ1v) is 10.5. The lowest BCUT2D eigenvalue weighted by Gasteiger charge is -2.27. The van der Waals surface area contributed by atoms with Gasteiger partial charge in [-0.3, -0.25) is 0 Å². The number of hydrogen-bond acceptors (Lipinski definition) is 4. The van der Waals surface area contributed by atoms with Crippen LogP contribution in [0.15, 0.2) is 42.5 Å². The zero-order chi connectivity index (χ0) is 21.8. The predicted octanol–water partition coefficient (Wildman–Crippen LogP) is 3.60. The summed E-state index contributed by atoms with van der Waals surface area (Å²) in [6, 6.07) is 11.3. The van der Waals surface area contributed by atoms with Crippen LogP contribution >= 0.6 is 0 Å². The summed E-state index contributed by atoms with van der Waals surface area (Å²) in [7, 11) is 1.61. The molecule has 0 unspecified atom stereocenters. The number of nitrogens with one attached hydrogen (secondary N) is 3. The third kappa shape index (κ3) is 5.32. The van der Waals surface area contributed by atoms with Crippen LogP contribution in [0.3, 0.4) is 0 Å². The molecule has 7 nitrogen and oxygen atoms in total. The lowest BCUT2D eigenvalue weighted by atomic mass is 9.93. The zero-order valence-electron chi connectivity index (χ0n) is 17.4. The normalized spacial score (nSPS) is 19.7. The van der Waals surface area contributed by atoms with Gasteiger partial charge in [0.25, 0.3) is 0 Å². The van der Waals surface area contributed by atoms with Gasteiger partial charge in [0.15, 0.2) is 0 Å². The van der Waals surface area contributed by atoms with Gasteiger partial charge in [0.1, 0.15) is 17.4 Å². The Labute approximate surface area is 180 Å². The molecular formula is C23H27FN4O3. The quantitative estimate of drug-likeness (QED) is 0.484. The molecule has 4 rings (SSSR count). The monoisotopic (exact) mass is 426 g/mol. The molecule has 8 heteroatoms. The Kier molecular flexibility index (Phi) is 6.36. The van der Waals surface area contributed by atoms with Crippen molar-refractivity contribution >= 4 is 17.1 Å². The van der Waals surface area contributed by atoms with Gasteiger partial charge in [-0.25, -0.2) is 14.2 Å². The molecule has 0 saturated heterocycles. The second-order valence-corrected chi connectivity index (χ2v) is 8.01. The third-order valence-electron chi connectivity index (χ3n) is 5.73. The number of fused-ring (bicyclic) bond motifs is 1. The number of aromatic nitrogens is 2. The summed E-state index contributed by atoms with van der Waals surface area (Å²) >= 11 is 0. The molecule has 1 aliphatic rings. The molecule has 0 bridgehead atoms. The summed E-state index contributed by atoms with van der Waals surface area (Å²) in [5, 5.41) is 15.7. The highest BCUT2D eigenvalue weighted by molar-refractivity contribution is 5.76. The van der Waals surface area contributed by atoms with Gasteiger partial charge in [0, 0.05) is 12.1 Å². The molecule has 1 heterocycles. The number of imidazole rings is 1. The fraction of sp³-hybridized carbons (Fsp3) is 0.391. The van der Waals surface area contributed by atoms with E-state index in [2.05, 4.69) is 20.6 Å². The molecule has 1 aromatic heterocycles. The van der Waals surface area contributed by atoms with Crippen molar-refractivity contribution in [2.45, 2.75) is 50.3 Å². The first-order chi connectivity index (χ1) is 15.0. The minimum Gasteiger partial charge on any atom is -0.497 e. The van der Waals surface area contributed by atoms with Gasteiger partial charge in [-0.1, -0.05) is 12.1 Å². The lowest BCUT2D eigenvalue weighted by Crippen LogP contribution is -2.45. The smallest absolute Gasteiger partial charge is 0.315 e. The van der Waals surface area contributed by atoms with Crippen LogP contribution in [0.25, 0.3) is 11.0 Å². The molecule has 1 aliphatic carbocycles. The van der Waals surface area contributed by atoms with E-state index in [1.807, 2.05) is 24.3 Å². The number of aliphatic hydroxyl groups is 1. The number of carbonyl (C=O) groups is 1. The summed E-state index contributed by atoms with van der Waals surface area (Å²) in [6.07, 6.45) is 3.11. The predicted molar refractivity (Wildman–Crippen MR) is 115 cm³/mol. The van der Waals surface area contributed by atoms with Crippen LogP contribution in [0.2, 0.25) is 0 Å². The summed E-state index contributed by atoms with van der Waals surface area (Å²) in [6.45, 7) is 0. The van der Waals surface area contributed by atoms with E-state index < -0.39 is 6.04 Å². The molecule has 1 saturated carbocycles. The molecule has 2 aromatic carbocycles. The molecule has 3 aromatic rings. The lowest BCUT2D eigenvalue weighted by molar-refractivity contribution is 0.117. The Morgan fingerprint density at radius 1 is 1.23 bits per heavy atom. The second kappa shape index (κ2) is 9.34. The standard InChI is InChI=1S/C23H27FN4O3/c1-31-18-9-2-14(3-10-18)12-21(22-26-19-11-4-15(24)13-20(19)27-22)28-23(30)25-16-5-7-17(29)8-6-16/h2-4,9-11,13,16-17,21,29H,5-8,12H2,1H3,(H,26,27)(H2,25,28,30)/t16-,17-,21-/m1/s1. The van der Waals surface area contributed by atoms with E-state index in [-0.39, 0.29) is 24.0 Å². The number of hydrogen-bond donors (Lipinski definition) is 4. The number of benzene rings is 2. The highest BCUT2D eigenvalue weighted by Gasteiger charge is 2.24. The van der Waals surface area contributed by atoms with E-state index in [0.717, 1.165) is 24.2 Å². The summed E-state index contributed by atoms with van der Waals surface area (Å²) in [4.78, 5) is 20.5. The second-order valence-electron chi connectivity index (χ2n) is 8.01. The number of ether oxygens (including phenoxy) is 1. The number of aromatic amines is 1. The maximum absolute atomic E-state index is 13.6. The van der Waals surface area contributed by atoms with Gasteiger partial charge in [-0.2, -0.15) is 0 Å². The minimum absolute atomic E-state index is 0.0369. The number of aliphatic hydroxyl groups excluding tert-OH is 1. The molecular weight excluding hydrogens is 399 g/mol. The molecule has 1 atom stereocenters. The number of H-pyrrole nitrogens is 1. The number of rotatable bonds is 6. The first-order valence-electron chi connectivity index (χ1n) is 10.5. The number of nitrogens with zero attached hydrogens (tertiary/aromatic N) is 1. The van der Waals surface area contributed by atoms with E-state index >= 15 is 0 Å². The molecule has 1 fully saturated rings. The Bertz CT molecular complexity index is 1030. The van der Waals surface area contributed by atoms with Crippen molar-refractivity contribution in [1.29, 1.82) is 0 Å². The fourth-order valence-electron chi connectivity index (χ4n) is 3.98. The molecule has 4 N–H and O–H groups in total. The minimum atomic E-state index is -0.432.